The zero-order valence-electron chi connectivity index (χ0n) is 17.3. The Labute approximate surface area is 185 Å². The van der Waals surface area contributed by atoms with Gasteiger partial charge >= 0.3 is 0 Å². The predicted octanol–water partition coefficient (Wildman–Crippen LogP) is 7.06. The first-order chi connectivity index (χ1) is 15.2. The molecule has 3 aromatic carbocycles. The average molecular weight is 429 g/mol. The van der Waals surface area contributed by atoms with Crippen LogP contribution in [-0.4, -0.2) is 18.0 Å². The summed E-state index contributed by atoms with van der Waals surface area (Å²) in [5.74, 6) is 0. The zero-order chi connectivity index (χ0) is 21.2. The number of nitro groups is 1. The topological polar surface area (TPSA) is 46.4 Å². The number of hydrogen-bond acceptors (Lipinski definition) is 4. The first kappa shape index (κ1) is 19.8. The standard InChI is InChI=1S/C26H24N2O2S/c29-28(30)22-12-7-11-21(16-22)25-18-24(27-14-4-1-5-15-27)26(31-25)17-20-10-6-9-19-8-2-3-13-23(19)20/h2-3,6-13,16,18H,1,4-5,14-15,17H2. The van der Waals surface area contributed by atoms with Crippen molar-refractivity contribution in [3.63, 3.8) is 0 Å². The van der Waals surface area contributed by atoms with E-state index in [9.17, 15) is 10.1 Å². The second kappa shape index (κ2) is 8.52. The second-order valence-corrected chi connectivity index (χ2v) is 9.23. The lowest BCUT2D eigenvalue weighted by atomic mass is 10.0. The molecule has 2 heterocycles. The largest absolute Gasteiger partial charge is 0.371 e. The number of nitro benzene ring substituents is 1. The third kappa shape index (κ3) is 4.06. The maximum absolute atomic E-state index is 11.3. The van der Waals surface area contributed by atoms with E-state index in [0.29, 0.717) is 0 Å². The number of fused-ring (bicyclic) bond motifs is 1. The molecule has 5 heteroatoms. The molecule has 0 N–H and O–H groups in total. The summed E-state index contributed by atoms with van der Waals surface area (Å²) < 4.78 is 0. The molecule has 0 atom stereocenters. The lowest BCUT2D eigenvalue weighted by Gasteiger charge is -2.29. The van der Waals surface area contributed by atoms with Crippen molar-refractivity contribution in [2.45, 2.75) is 25.7 Å². The van der Waals surface area contributed by atoms with Crippen LogP contribution in [0, 0.1) is 10.1 Å². The zero-order valence-corrected chi connectivity index (χ0v) is 18.1. The van der Waals surface area contributed by atoms with E-state index in [2.05, 4.69) is 53.4 Å². The van der Waals surface area contributed by atoms with Crippen LogP contribution in [0.2, 0.25) is 0 Å². The van der Waals surface area contributed by atoms with E-state index in [0.717, 1.165) is 30.0 Å². The molecule has 0 bridgehead atoms. The molecule has 1 aromatic heterocycles. The first-order valence-corrected chi connectivity index (χ1v) is 11.6. The summed E-state index contributed by atoms with van der Waals surface area (Å²) in [6.45, 7) is 2.15. The van der Waals surface area contributed by atoms with Crippen molar-refractivity contribution in [3.05, 3.63) is 93.4 Å². The molecule has 0 radical (unpaired) electrons. The van der Waals surface area contributed by atoms with Crippen LogP contribution in [-0.2, 0) is 6.42 Å². The van der Waals surface area contributed by atoms with Crippen LogP contribution in [0.3, 0.4) is 0 Å². The van der Waals surface area contributed by atoms with Gasteiger partial charge in [-0.25, -0.2) is 0 Å². The van der Waals surface area contributed by atoms with E-state index in [1.54, 1.807) is 29.5 Å². The predicted molar refractivity (Wildman–Crippen MR) is 129 cm³/mol. The van der Waals surface area contributed by atoms with E-state index in [4.69, 9.17) is 0 Å². The minimum absolute atomic E-state index is 0.140. The van der Waals surface area contributed by atoms with Crippen LogP contribution in [0.5, 0.6) is 0 Å². The molecule has 0 aliphatic carbocycles. The quantitative estimate of drug-likeness (QED) is 0.252. The third-order valence-corrected chi connectivity index (χ3v) is 7.23. The molecule has 0 spiro atoms. The minimum atomic E-state index is -0.320. The van der Waals surface area contributed by atoms with E-state index in [-0.39, 0.29) is 10.6 Å². The highest BCUT2D eigenvalue weighted by Crippen LogP contribution is 2.40. The van der Waals surface area contributed by atoms with Gasteiger partial charge in [0.2, 0.25) is 0 Å². The molecule has 0 unspecified atom stereocenters. The molecule has 1 saturated heterocycles. The smallest absolute Gasteiger partial charge is 0.270 e. The van der Waals surface area contributed by atoms with Crippen LogP contribution in [0.1, 0.15) is 29.7 Å². The molecule has 1 aliphatic heterocycles. The van der Waals surface area contributed by atoms with Gasteiger partial charge in [-0.2, -0.15) is 0 Å². The van der Waals surface area contributed by atoms with Gasteiger partial charge in [0, 0.05) is 41.4 Å². The lowest BCUT2D eigenvalue weighted by Crippen LogP contribution is -2.29. The van der Waals surface area contributed by atoms with Gasteiger partial charge in [-0.1, -0.05) is 54.6 Å². The average Bonchev–Trinajstić information content (AvgIpc) is 3.24. The number of piperidine rings is 1. The van der Waals surface area contributed by atoms with Crippen LogP contribution >= 0.6 is 11.3 Å². The first-order valence-electron chi connectivity index (χ1n) is 10.8. The minimum Gasteiger partial charge on any atom is -0.371 e. The second-order valence-electron chi connectivity index (χ2n) is 8.09. The molecule has 5 rings (SSSR count). The molecule has 1 fully saturated rings. The van der Waals surface area contributed by atoms with Gasteiger partial charge in [0.15, 0.2) is 0 Å². The Morgan fingerprint density at radius 1 is 0.903 bits per heavy atom. The Balaban J connectivity index is 1.58. The number of benzene rings is 3. The molecule has 156 valence electrons. The van der Waals surface area contributed by atoms with Gasteiger partial charge in [-0.05, 0) is 47.2 Å². The third-order valence-electron chi connectivity index (χ3n) is 6.06. The fraction of sp³-hybridized carbons (Fsp3) is 0.231. The molecule has 4 nitrogen and oxygen atoms in total. The number of anilines is 1. The maximum Gasteiger partial charge on any atom is 0.270 e. The van der Waals surface area contributed by atoms with E-state index in [1.807, 2.05) is 6.07 Å². The van der Waals surface area contributed by atoms with Crippen molar-refractivity contribution in [2.24, 2.45) is 0 Å². The molecule has 0 saturated carbocycles. The Hall–Kier alpha value is -3.18. The Morgan fingerprint density at radius 3 is 2.52 bits per heavy atom. The molecule has 4 aromatic rings. The van der Waals surface area contributed by atoms with Crippen molar-refractivity contribution >= 4 is 33.5 Å². The van der Waals surface area contributed by atoms with Crippen LogP contribution in [0.15, 0.2) is 72.8 Å². The van der Waals surface area contributed by atoms with Gasteiger partial charge < -0.3 is 4.90 Å². The van der Waals surface area contributed by atoms with Gasteiger partial charge in [0.25, 0.3) is 5.69 Å². The Bertz CT molecular complexity index is 1240. The highest BCUT2D eigenvalue weighted by Gasteiger charge is 2.20. The summed E-state index contributed by atoms with van der Waals surface area (Å²) in [4.78, 5) is 15.9. The monoisotopic (exact) mass is 428 g/mol. The molecular weight excluding hydrogens is 404 g/mol. The molecule has 31 heavy (non-hydrogen) atoms. The molecular formula is C26H24N2O2S. The van der Waals surface area contributed by atoms with Crippen molar-refractivity contribution in [2.75, 3.05) is 18.0 Å². The fourth-order valence-corrected chi connectivity index (χ4v) is 5.68. The highest BCUT2D eigenvalue weighted by molar-refractivity contribution is 7.16. The van der Waals surface area contributed by atoms with Gasteiger partial charge in [0.05, 0.1) is 10.6 Å². The number of hydrogen-bond donors (Lipinski definition) is 0. The number of rotatable bonds is 5. The van der Waals surface area contributed by atoms with E-state index >= 15 is 0 Å². The lowest BCUT2D eigenvalue weighted by molar-refractivity contribution is -0.384. The van der Waals surface area contributed by atoms with Crippen molar-refractivity contribution in [3.8, 4) is 10.4 Å². The van der Waals surface area contributed by atoms with Crippen molar-refractivity contribution < 1.29 is 4.92 Å². The number of non-ortho nitro benzene ring substituents is 1. The fourth-order valence-electron chi connectivity index (χ4n) is 4.48. The SMILES string of the molecule is O=[N+]([O-])c1cccc(-c2cc(N3CCCCC3)c(Cc3cccc4ccccc34)s2)c1. The summed E-state index contributed by atoms with van der Waals surface area (Å²) in [6, 6.07) is 24.3. The Morgan fingerprint density at radius 2 is 1.68 bits per heavy atom. The summed E-state index contributed by atoms with van der Waals surface area (Å²) in [6.07, 6.45) is 4.59. The molecule has 1 aliphatic rings. The summed E-state index contributed by atoms with van der Waals surface area (Å²) in [7, 11) is 0. The van der Waals surface area contributed by atoms with Gasteiger partial charge in [-0.3, -0.25) is 10.1 Å². The van der Waals surface area contributed by atoms with Crippen LogP contribution in [0.25, 0.3) is 21.2 Å². The Kier molecular flexibility index (Phi) is 5.43. The summed E-state index contributed by atoms with van der Waals surface area (Å²) in [5.41, 5.74) is 3.67. The van der Waals surface area contributed by atoms with E-state index in [1.165, 1.54) is 46.2 Å². The van der Waals surface area contributed by atoms with Gasteiger partial charge in [0.1, 0.15) is 0 Å². The summed E-state index contributed by atoms with van der Waals surface area (Å²) >= 11 is 1.77. The summed E-state index contributed by atoms with van der Waals surface area (Å²) in [5, 5.41) is 13.8. The number of nitrogens with zero attached hydrogens (tertiary/aromatic N) is 2. The molecule has 0 amide bonds. The van der Waals surface area contributed by atoms with Crippen molar-refractivity contribution in [1.82, 2.24) is 0 Å². The maximum atomic E-state index is 11.3. The van der Waals surface area contributed by atoms with E-state index < -0.39 is 0 Å². The van der Waals surface area contributed by atoms with Crippen LogP contribution < -0.4 is 4.90 Å². The number of thiophene rings is 1. The van der Waals surface area contributed by atoms with Crippen molar-refractivity contribution in [1.29, 1.82) is 0 Å². The normalized spacial score (nSPS) is 14.1. The van der Waals surface area contributed by atoms with Gasteiger partial charge in [-0.15, -0.1) is 11.3 Å². The highest BCUT2D eigenvalue weighted by atomic mass is 32.1. The van der Waals surface area contributed by atoms with Crippen LogP contribution in [0.4, 0.5) is 11.4 Å².